The van der Waals surface area contributed by atoms with Crippen LogP contribution in [0.25, 0.3) is 11.4 Å². The van der Waals surface area contributed by atoms with E-state index in [0.29, 0.717) is 22.5 Å². The van der Waals surface area contributed by atoms with Crippen molar-refractivity contribution in [3.05, 3.63) is 65.2 Å². The number of hydrogen-bond acceptors (Lipinski definition) is 5. The van der Waals surface area contributed by atoms with Crippen molar-refractivity contribution < 1.29 is 9.53 Å². The summed E-state index contributed by atoms with van der Waals surface area (Å²) in [6.45, 7) is 6.12. The highest BCUT2D eigenvalue weighted by atomic mass is 35.5. The molecule has 0 unspecified atom stereocenters. The molecular weight excluding hydrogens is 394 g/mol. The van der Waals surface area contributed by atoms with Crippen LogP contribution in [-0.2, 0) is 16.1 Å². The average molecular weight is 416 g/mol. The Morgan fingerprint density at radius 3 is 2.43 bits per heavy atom. The first-order valence-electron chi connectivity index (χ1n) is 8.90. The lowest BCUT2D eigenvalue weighted by Crippen LogP contribution is -2.25. The third-order valence-electron chi connectivity index (χ3n) is 3.75. The van der Waals surface area contributed by atoms with Crippen LogP contribution in [0.5, 0.6) is 0 Å². The van der Waals surface area contributed by atoms with Crippen molar-refractivity contribution in [3.63, 3.8) is 0 Å². The summed E-state index contributed by atoms with van der Waals surface area (Å²) >= 11 is 7.69. The number of ether oxygens (including phenoxy) is 1. The summed E-state index contributed by atoms with van der Waals surface area (Å²) in [6.07, 6.45) is 0. The minimum absolute atomic E-state index is 0.159. The predicted octanol–water partition coefficient (Wildman–Crippen LogP) is 5.08. The number of carbonyl (C=O) groups is 1. The van der Waals surface area contributed by atoms with Crippen molar-refractivity contribution in [3.8, 4) is 11.4 Å². The van der Waals surface area contributed by atoms with Gasteiger partial charge in [-0.05, 0) is 38.5 Å². The lowest BCUT2D eigenvalue weighted by atomic mass is 10.2. The Morgan fingerprint density at radius 1 is 1.07 bits per heavy atom. The molecule has 0 atom stereocenters. The molecule has 0 spiro atoms. The molecule has 0 saturated carbocycles. The summed E-state index contributed by atoms with van der Waals surface area (Å²) in [4.78, 5) is 12.1. The van der Waals surface area contributed by atoms with Gasteiger partial charge in [0.2, 0.25) is 0 Å². The van der Waals surface area contributed by atoms with E-state index in [0.717, 1.165) is 11.1 Å². The van der Waals surface area contributed by atoms with Crippen LogP contribution in [0, 0.1) is 0 Å². The van der Waals surface area contributed by atoms with Gasteiger partial charge in [-0.3, -0.25) is 9.36 Å². The van der Waals surface area contributed by atoms with E-state index < -0.39 is 5.60 Å². The molecule has 2 aromatic carbocycles. The van der Waals surface area contributed by atoms with Crippen LogP contribution in [0.2, 0.25) is 5.02 Å². The maximum atomic E-state index is 12.1. The van der Waals surface area contributed by atoms with Crippen LogP contribution in [0.1, 0.15) is 26.3 Å². The lowest BCUT2D eigenvalue weighted by Gasteiger charge is -2.19. The van der Waals surface area contributed by atoms with Gasteiger partial charge in [-0.15, -0.1) is 10.2 Å². The zero-order valence-corrected chi connectivity index (χ0v) is 17.6. The normalized spacial score (nSPS) is 11.4. The quantitative estimate of drug-likeness (QED) is 0.415. The third kappa shape index (κ3) is 5.36. The van der Waals surface area contributed by atoms with Crippen molar-refractivity contribution in [1.82, 2.24) is 14.8 Å². The largest absolute Gasteiger partial charge is 0.459 e. The fraction of sp³-hybridized carbons (Fsp3) is 0.286. The molecule has 3 rings (SSSR count). The van der Waals surface area contributed by atoms with Crippen molar-refractivity contribution in [1.29, 1.82) is 0 Å². The van der Waals surface area contributed by atoms with E-state index in [4.69, 9.17) is 16.3 Å². The molecule has 3 aromatic rings. The minimum atomic E-state index is -0.516. The number of hydrogen-bond donors (Lipinski definition) is 0. The topological polar surface area (TPSA) is 57.0 Å². The van der Waals surface area contributed by atoms with Crippen LogP contribution in [-0.4, -0.2) is 32.1 Å². The molecular formula is C21H22ClN3O2S. The Balaban J connectivity index is 1.89. The molecule has 0 saturated heterocycles. The second-order valence-electron chi connectivity index (χ2n) is 7.23. The molecule has 0 N–H and O–H groups in total. The van der Waals surface area contributed by atoms with E-state index in [9.17, 15) is 4.79 Å². The lowest BCUT2D eigenvalue weighted by molar-refractivity contribution is -0.151. The molecule has 0 amide bonds. The second-order valence-corrected chi connectivity index (χ2v) is 8.58. The van der Waals surface area contributed by atoms with Gasteiger partial charge in [0, 0.05) is 5.56 Å². The van der Waals surface area contributed by atoms with E-state index in [1.54, 1.807) is 0 Å². The smallest absolute Gasteiger partial charge is 0.316 e. The Morgan fingerprint density at radius 2 is 1.75 bits per heavy atom. The highest BCUT2D eigenvalue weighted by molar-refractivity contribution is 7.99. The fourth-order valence-corrected chi connectivity index (χ4v) is 3.57. The van der Waals surface area contributed by atoms with Crippen molar-refractivity contribution >= 4 is 29.3 Å². The molecule has 0 bridgehead atoms. The minimum Gasteiger partial charge on any atom is -0.459 e. The first-order chi connectivity index (χ1) is 13.3. The molecule has 1 aromatic heterocycles. The molecule has 0 aliphatic carbocycles. The first-order valence-corrected chi connectivity index (χ1v) is 10.3. The summed E-state index contributed by atoms with van der Waals surface area (Å²) < 4.78 is 7.37. The fourth-order valence-electron chi connectivity index (χ4n) is 2.64. The molecule has 0 radical (unpaired) electrons. The Labute approximate surface area is 174 Å². The molecule has 146 valence electrons. The van der Waals surface area contributed by atoms with Gasteiger partial charge in [0.05, 0.1) is 17.3 Å². The molecule has 7 heteroatoms. The summed E-state index contributed by atoms with van der Waals surface area (Å²) in [5.74, 6) is 0.541. The highest BCUT2D eigenvalue weighted by Gasteiger charge is 2.20. The molecule has 28 heavy (non-hydrogen) atoms. The summed E-state index contributed by atoms with van der Waals surface area (Å²) in [6, 6.07) is 17.6. The van der Waals surface area contributed by atoms with Gasteiger partial charge in [0.1, 0.15) is 5.60 Å². The van der Waals surface area contributed by atoms with Crippen LogP contribution in [0.4, 0.5) is 0 Å². The molecule has 1 heterocycles. The monoisotopic (exact) mass is 415 g/mol. The Bertz CT molecular complexity index is 952. The predicted molar refractivity (Wildman–Crippen MR) is 113 cm³/mol. The van der Waals surface area contributed by atoms with Gasteiger partial charge >= 0.3 is 5.97 Å². The highest BCUT2D eigenvalue weighted by Crippen LogP contribution is 2.30. The third-order valence-corrected chi connectivity index (χ3v) is 5.02. The van der Waals surface area contributed by atoms with E-state index in [1.807, 2.05) is 79.9 Å². The number of halogens is 1. The van der Waals surface area contributed by atoms with Crippen LogP contribution < -0.4 is 0 Å². The maximum Gasteiger partial charge on any atom is 0.316 e. The summed E-state index contributed by atoms with van der Waals surface area (Å²) in [5, 5.41) is 9.91. The van der Waals surface area contributed by atoms with Crippen molar-refractivity contribution in [2.45, 2.75) is 38.1 Å². The SMILES string of the molecule is CC(C)(C)OC(=O)CSc1nnc(-c2ccccc2Cl)n1Cc1ccccc1. The van der Waals surface area contributed by atoms with Crippen LogP contribution in [0.15, 0.2) is 59.8 Å². The van der Waals surface area contributed by atoms with Crippen LogP contribution >= 0.6 is 23.4 Å². The number of rotatable bonds is 6. The number of esters is 1. The van der Waals surface area contributed by atoms with E-state index >= 15 is 0 Å². The Kier molecular flexibility index (Phi) is 6.42. The number of nitrogens with zero attached hydrogens (tertiary/aromatic N) is 3. The van der Waals surface area contributed by atoms with Crippen molar-refractivity contribution in [2.75, 3.05) is 5.75 Å². The molecule has 0 aliphatic rings. The second kappa shape index (κ2) is 8.80. The van der Waals surface area contributed by atoms with Gasteiger partial charge in [0.15, 0.2) is 11.0 Å². The average Bonchev–Trinajstić information content (AvgIpc) is 3.02. The zero-order valence-electron chi connectivity index (χ0n) is 16.1. The Hall–Kier alpha value is -2.31. The van der Waals surface area contributed by atoms with Crippen LogP contribution in [0.3, 0.4) is 0 Å². The summed E-state index contributed by atoms with van der Waals surface area (Å²) in [7, 11) is 0. The number of thioether (sulfide) groups is 1. The maximum absolute atomic E-state index is 12.1. The van der Waals surface area contributed by atoms with Gasteiger partial charge < -0.3 is 4.74 Å². The molecule has 5 nitrogen and oxygen atoms in total. The van der Waals surface area contributed by atoms with Crippen molar-refractivity contribution in [2.24, 2.45) is 0 Å². The van der Waals surface area contributed by atoms with Gasteiger partial charge in [-0.25, -0.2) is 0 Å². The number of carbonyl (C=O) groups excluding carboxylic acids is 1. The van der Waals surface area contributed by atoms with E-state index in [1.165, 1.54) is 11.8 Å². The van der Waals surface area contributed by atoms with Gasteiger partial charge in [-0.2, -0.15) is 0 Å². The zero-order chi connectivity index (χ0) is 20.1. The van der Waals surface area contributed by atoms with Gasteiger partial charge in [0.25, 0.3) is 0 Å². The summed E-state index contributed by atoms with van der Waals surface area (Å²) in [5.41, 5.74) is 1.39. The number of aromatic nitrogens is 3. The molecule has 0 aliphatic heterocycles. The number of benzene rings is 2. The van der Waals surface area contributed by atoms with Gasteiger partial charge in [-0.1, -0.05) is 65.8 Å². The molecule has 0 fully saturated rings. The first kappa shape index (κ1) is 20.4. The van der Waals surface area contributed by atoms with E-state index in [-0.39, 0.29) is 11.7 Å². The van der Waals surface area contributed by atoms with E-state index in [2.05, 4.69) is 10.2 Å². The standard InChI is InChI=1S/C21H22ClN3O2S/c1-21(2,3)27-18(26)14-28-20-24-23-19(16-11-7-8-12-17(16)22)25(20)13-15-9-5-4-6-10-15/h4-12H,13-14H2,1-3H3.